The highest BCUT2D eigenvalue weighted by atomic mass is 32.1. The van der Waals surface area contributed by atoms with Crippen molar-refractivity contribution in [3.63, 3.8) is 0 Å². The van der Waals surface area contributed by atoms with Gasteiger partial charge < -0.3 is 15.3 Å². The SMILES string of the molecule is Cc1cc2c(O)c(-c3nnc(N[C@@H]4CCCC[C@@H]4N(C)C)cc3C)ccc2s1. The Labute approximate surface area is 170 Å². The summed E-state index contributed by atoms with van der Waals surface area (Å²) in [5, 5.41) is 24.2. The number of hydrogen-bond acceptors (Lipinski definition) is 6. The minimum Gasteiger partial charge on any atom is -0.507 e. The Balaban J connectivity index is 1.62. The molecule has 0 spiro atoms. The van der Waals surface area contributed by atoms with Gasteiger partial charge in [0.2, 0.25) is 0 Å². The molecule has 2 atom stereocenters. The number of aromatic nitrogens is 2. The van der Waals surface area contributed by atoms with Crippen molar-refractivity contribution >= 4 is 27.2 Å². The molecule has 1 fully saturated rings. The van der Waals surface area contributed by atoms with Crippen LogP contribution in [0, 0.1) is 13.8 Å². The fraction of sp³-hybridized carbons (Fsp3) is 0.455. The molecule has 1 aliphatic rings. The first-order chi connectivity index (χ1) is 13.4. The molecule has 0 radical (unpaired) electrons. The number of phenolic OH excluding ortho intramolecular Hbond substituents is 1. The Morgan fingerprint density at radius 1 is 1.11 bits per heavy atom. The monoisotopic (exact) mass is 396 g/mol. The van der Waals surface area contributed by atoms with Gasteiger partial charge in [-0.15, -0.1) is 21.5 Å². The fourth-order valence-corrected chi connectivity index (χ4v) is 5.25. The summed E-state index contributed by atoms with van der Waals surface area (Å²) in [7, 11) is 4.30. The van der Waals surface area contributed by atoms with Crippen molar-refractivity contribution in [1.29, 1.82) is 0 Å². The van der Waals surface area contributed by atoms with E-state index < -0.39 is 0 Å². The summed E-state index contributed by atoms with van der Waals surface area (Å²) < 4.78 is 1.09. The van der Waals surface area contributed by atoms with Gasteiger partial charge >= 0.3 is 0 Å². The Hall–Kier alpha value is -2.18. The minimum absolute atomic E-state index is 0.292. The van der Waals surface area contributed by atoms with Crippen molar-refractivity contribution in [2.24, 2.45) is 0 Å². The first kappa shape index (κ1) is 19.2. The number of aromatic hydroxyl groups is 1. The molecule has 1 aromatic carbocycles. The largest absolute Gasteiger partial charge is 0.507 e. The Morgan fingerprint density at radius 3 is 2.64 bits per heavy atom. The molecule has 0 unspecified atom stereocenters. The maximum Gasteiger partial charge on any atom is 0.149 e. The normalized spacial score (nSPS) is 20.0. The van der Waals surface area contributed by atoms with Gasteiger partial charge in [0, 0.05) is 32.6 Å². The zero-order chi connectivity index (χ0) is 19.8. The highest BCUT2D eigenvalue weighted by molar-refractivity contribution is 7.19. The highest BCUT2D eigenvalue weighted by Gasteiger charge is 2.27. The third kappa shape index (κ3) is 3.59. The molecule has 5 nitrogen and oxygen atoms in total. The Kier molecular flexibility index (Phi) is 5.25. The van der Waals surface area contributed by atoms with E-state index in [4.69, 9.17) is 0 Å². The molecule has 148 valence electrons. The molecule has 0 amide bonds. The first-order valence-corrected chi connectivity index (χ1v) is 10.8. The maximum atomic E-state index is 10.8. The molecule has 1 saturated carbocycles. The fourth-order valence-electron chi connectivity index (χ4n) is 4.32. The lowest BCUT2D eigenvalue weighted by Gasteiger charge is -2.36. The van der Waals surface area contributed by atoms with E-state index in [1.807, 2.05) is 25.1 Å². The maximum absolute atomic E-state index is 10.8. The molecule has 4 rings (SSSR count). The molecular weight excluding hydrogens is 368 g/mol. The second-order valence-electron chi connectivity index (χ2n) is 8.06. The summed E-state index contributed by atoms with van der Waals surface area (Å²) in [6.07, 6.45) is 4.90. The summed E-state index contributed by atoms with van der Waals surface area (Å²) in [5.74, 6) is 1.10. The molecule has 2 heterocycles. The van der Waals surface area contributed by atoms with Crippen LogP contribution >= 0.6 is 11.3 Å². The van der Waals surface area contributed by atoms with Crippen molar-refractivity contribution in [1.82, 2.24) is 15.1 Å². The number of rotatable bonds is 4. The second kappa shape index (κ2) is 7.68. The number of likely N-dealkylation sites (N-methyl/N-ethyl adjacent to an activating group) is 1. The van der Waals surface area contributed by atoms with E-state index in [1.165, 1.54) is 24.1 Å². The van der Waals surface area contributed by atoms with Crippen molar-refractivity contribution in [3.8, 4) is 17.0 Å². The van der Waals surface area contributed by atoms with Crippen LogP contribution in [-0.4, -0.2) is 46.4 Å². The van der Waals surface area contributed by atoms with Crippen molar-refractivity contribution in [2.45, 2.75) is 51.6 Å². The number of fused-ring (bicyclic) bond motifs is 1. The average molecular weight is 397 g/mol. The third-order valence-electron chi connectivity index (χ3n) is 5.76. The summed E-state index contributed by atoms with van der Waals surface area (Å²) in [5.41, 5.74) is 2.49. The number of phenols is 1. The number of nitrogens with zero attached hydrogens (tertiary/aromatic N) is 3. The van der Waals surface area contributed by atoms with Crippen LogP contribution in [0.1, 0.15) is 36.1 Å². The second-order valence-corrected chi connectivity index (χ2v) is 9.35. The zero-order valence-electron chi connectivity index (χ0n) is 17.0. The summed E-state index contributed by atoms with van der Waals surface area (Å²) in [6, 6.07) is 8.99. The molecule has 0 saturated heterocycles. The lowest BCUT2D eigenvalue weighted by atomic mass is 9.89. The summed E-state index contributed by atoms with van der Waals surface area (Å²) >= 11 is 1.69. The minimum atomic E-state index is 0.292. The predicted molar refractivity (Wildman–Crippen MR) is 117 cm³/mol. The van der Waals surface area contributed by atoms with E-state index >= 15 is 0 Å². The molecule has 6 heteroatoms. The van der Waals surface area contributed by atoms with Gasteiger partial charge in [0.1, 0.15) is 11.6 Å². The van der Waals surface area contributed by atoms with Crippen LogP contribution in [0.5, 0.6) is 5.75 Å². The van der Waals surface area contributed by atoms with Crippen molar-refractivity contribution < 1.29 is 5.11 Å². The van der Waals surface area contributed by atoms with Crippen LogP contribution in [0.3, 0.4) is 0 Å². The number of nitrogens with one attached hydrogen (secondary N) is 1. The van der Waals surface area contributed by atoms with Gasteiger partial charge in [0.25, 0.3) is 0 Å². The first-order valence-electron chi connectivity index (χ1n) is 9.94. The zero-order valence-corrected chi connectivity index (χ0v) is 17.8. The van der Waals surface area contributed by atoms with E-state index in [2.05, 4.69) is 47.5 Å². The summed E-state index contributed by atoms with van der Waals surface area (Å²) in [6.45, 7) is 4.09. The van der Waals surface area contributed by atoms with Gasteiger partial charge in [0.15, 0.2) is 0 Å². The molecule has 1 aliphatic carbocycles. The van der Waals surface area contributed by atoms with E-state index in [-0.39, 0.29) is 0 Å². The number of benzene rings is 1. The van der Waals surface area contributed by atoms with Gasteiger partial charge in [-0.3, -0.25) is 0 Å². The molecule has 28 heavy (non-hydrogen) atoms. The average Bonchev–Trinajstić information content (AvgIpc) is 3.04. The quantitative estimate of drug-likeness (QED) is 0.652. The molecular formula is C22H28N4OS. The van der Waals surface area contributed by atoms with Crippen LogP contribution in [0.4, 0.5) is 5.82 Å². The highest BCUT2D eigenvalue weighted by Crippen LogP contribution is 2.39. The molecule has 2 N–H and O–H groups in total. The lowest BCUT2D eigenvalue weighted by molar-refractivity contribution is 0.211. The third-order valence-corrected chi connectivity index (χ3v) is 6.78. The van der Waals surface area contributed by atoms with E-state index in [0.717, 1.165) is 39.1 Å². The van der Waals surface area contributed by atoms with Crippen LogP contribution in [0.25, 0.3) is 21.3 Å². The predicted octanol–water partition coefficient (Wildman–Crippen LogP) is 4.97. The number of hydrogen-bond donors (Lipinski definition) is 2. The van der Waals surface area contributed by atoms with Crippen molar-refractivity contribution in [3.05, 3.63) is 34.7 Å². The van der Waals surface area contributed by atoms with Gasteiger partial charge in [-0.1, -0.05) is 12.8 Å². The number of aryl methyl sites for hydroxylation is 2. The number of thiophene rings is 1. The van der Waals surface area contributed by atoms with Gasteiger partial charge in [-0.25, -0.2) is 0 Å². The van der Waals surface area contributed by atoms with E-state index in [9.17, 15) is 5.11 Å². The Bertz CT molecular complexity index is 998. The van der Waals surface area contributed by atoms with E-state index in [0.29, 0.717) is 17.8 Å². The molecule has 2 aromatic heterocycles. The van der Waals surface area contributed by atoms with Gasteiger partial charge in [-0.05, 0) is 70.6 Å². The van der Waals surface area contributed by atoms with Crippen molar-refractivity contribution in [2.75, 3.05) is 19.4 Å². The van der Waals surface area contributed by atoms with Crippen LogP contribution in [-0.2, 0) is 0 Å². The molecule has 0 bridgehead atoms. The standard InChI is InChI=1S/C22H28N4OS/c1-13-11-20(23-17-7-5-6-8-18(17)26(3)4)24-25-21(13)15-9-10-19-16(22(15)27)12-14(2)28-19/h9-12,17-18,27H,5-8H2,1-4H3,(H,23,24)/t17-,18+/m1/s1. The van der Waals surface area contributed by atoms with Crippen LogP contribution in [0.15, 0.2) is 24.3 Å². The summed E-state index contributed by atoms with van der Waals surface area (Å²) in [4.78, 5) is 3.49. The topological polar surface area (TPSA) is 61.3 Å². The van der Waals surface area contributed by atoms with Crippen LogP contribution in [0.2, 0.25) is 0 Å². The van der Waals surface area contributed by atoms with Crippen LogP contribution < -0.4 is 5.32 Å². The smallest absolute Gasteiger partial charge is 0.149 e. The lowest BCUT2D eigenvalue weighted by Crippen LogP contribution is -2.45. The molecule has 3 aromatic rings. The van der Waals surface area contributed by atoms with Gasteiger partial charge in [-0.2, -0.15) is 0 Å². The van der Waals surface area contributed by atoms with Gasteiger partial charge in [0.05, 0.1) is 5.69 Å². The van der Waals surface area contributed by atoms with E-state index in [1.54, 1.807) is 11.3 Å². The molecule has 0 aliphatic heterocycles. The Morgan fingerprint density at radius 2 is 1.89 bits per heavy atom. The number of anilines is 1.